The van der Waals surface area contributed by atoms with Crippen molar-refractivity contribution in [1.29, 1.82) is 0 Å². The highest BCUT2D eigenvalue weighted by atomic mass is 16.1. The third-order valence-electron chi connectivity index (χ3n) is 4.98. The maximum Gasteiger partial charge on any atom is 0.276 e. The second-order valence-corrected chi connectivity index (χ2v) is 6.62. The molecule has 0 bridgehead atoms. The van der Waals surface area contributed by atoms with Gasteiger partial charge >= 0.3 is 0 Å². The van der Waals surface area contributed by atoms with Crippen LogP contribution in [0.1, 0.15) is 38.3 Å². The molecule has 2 aromatic heterocycles. The van der Waals surface area contributed by atoms with Crippen LogP contribution in [0.3, 0.4) is 0 Å². The molecule has 1 fully saturated rings. The number of hydrogen-bond acceptors (Lipinski definition) is 2. The summed E-state index contributed by atoms with van der Waals surface area (Å²) in [4.78, 5) is 12.6. The topological polar surface area (TPSA) is 39.8 Å². The quantitative estimate of drug-likeness (QED) is 0.842. The van der Waals surface area contributed by atoms with E-state index in [-0.39, 0.29) is 5.56 Å². The summed E-state index contributed by atoms with van der Waals surface area (Å²) in [5, 5.41) is 5.28. The van der Waals surface area contributed by atoms with E-state index in [9.17, 15) is 4.79 Å². The average molecular weight is 271 g/mol. The van der Waals surface area contributed by atoms with E-state index in [2.05, 4.69) is 22.7 Å². The lowest BCUT2D eigenvalue weighted by Gasteiger charge is -2.32. The van der Waals surface area contributed by atoms with Crippen molar-refractivity contribution in [2.75, 3.05) is 0 Å². The fourth-order valence-corrected chi connectivity index (χ4v) is 3.88. The van der Waals surface area contributed by atoms with E-state index in [1.807, 2.05) is 6.20 Å². The summed E-state index contributed by atoms with van der Waals surface area (Å²) < 4.78 is 3.97. The molecule has 2 aliphatic rings. The Balaban J connectivity index is 1.73. The molecular formula is C16H21N3O. The van der Waals surface area contributed by atoms with Crippen molar-refractivity contribution in [2.45, 2.75) is 52.1 Å². The van der Waals surface area contributed by atoms with Crippen molar-refractivity contribution in [3.8, 4) is 0 Å². The monoisotopic (exact) mass is 271 g/mol. The molecule has 0 aromatic carbocycles. The van der Waals surface area contributed by atoms with Gasteiger partial charge in [-0.15, -0.1) is 0 Å². The molecular weight excluding hydrogens is 250 g/mol. The molecule has 2 aromatic rings. The molecule has 1 aliphatic heterocycles. The fraction of sp³-hybridized carbons (Fsp3) is 0.625. The van der Waals surface area contributed by atoms with Crippen LogP contribution in [0.4, 0.5) is 0 Å². The molecule has 1 aliphatic carbocycles. The number of aromatic nitrogens is 3. The Kier molecular flexibility index (Phi) is 2.72. The minimum Gasteiger partial charge on any atom is -0.343 e. The van der Waals surface area contributed by atoms with Crippen molar-refractivity contribution in [2.24, 2.45) is 11.8 Å². The zero-order valence-corrected chi connectivity index (χ0v) is 12.0. The van der Waals surface area contributed by atoms with Gasteiger partial charge in [-0.25, -0.2) is 4.68 Å². The Morgan fingerprint density at radius 2 is 2.20 bits per heavy atom. The molecule has 0 saturated heterocycles. The Morgan fingerprint density at radius 1 is 1.35 bits per heavy atom. The molecule has 4 nitrogen and oxygen atoms in total. The van der Waals surface area contributed by atoms with Crippen molar-refractivity contribution in [3.05, 3.63) is 28.3 Å². The van der Waals surface area contributed by atoms with E-state index in [0.717, 1.165) is 36.3 Å². The zero-order chi connectivity index (χ0) is 13.7. The van der Waals surface area contributed by atoms with Crippen LogP contribution in [0, 0.1) is 11.8 Å². The molecule has 20 heavy (non-hydrogen) atoms. The van der Waals surface area contributed by atoms with Crippen LogP contribution in [-0.4, -0.2) is 14.3 Å². The summed E-state index contributed by atoms with van der Waals surface area (Å²) in [6, 6.07) is 2.10. The van der Waals surface area contributed by atoms with E-state index < -0.39 is 0 Å². The predicted octanol–water partition coefficient (Wildman–Crippen LogP) is 2.58. The first-order chi connectivity index (χ1) is 9.72. The Bertz CT molecular complexity index is 706. The van der Waals surface area contributed by atoms with Crippen LogP contribution in [-0.2, 0) is 19.5 Å². The van der Waals surface area contributed by atoms with Crippen LogP contribution >= 0.6 is 0 Å². The van der Waals surface area contributed by atoms with Crippen LogP contribution in [0.2, 0.25) is 0 Å². The second kappa shape index (κ2) is 4.47. The molecule has 4 rings (SSSR count). The highest BCUT2D eigenvalue weighted by Crippen LogP contribution is 2.33. The van der Waals surface area contributed by atoms with Gasteiger partial charge in [-0.2, -0.15) is 5.10 Å². The van der Waals surface area contributed by atoms with Gasteiger partial charge in [0.15, 0.2) is 0 Å². The second-order valence-electron chi connectivity index (χ2n) is 6.62. The first-order valence-corrected chi connectivity index (χ1v) is 7.80. The summed E-state index contributed by atoms with van der Waals surface area (Å²) in [5.41, 5.74) is 2.44. The Hall–Kier alpha value is -1.58. The van der Waals surface area contributed by atoms with Gasteiger partial charge < -0.3 is 4.57 Å². The lowest BCUT2D eigenvalue weighted by Crippen LogP contribution is -2.32. The van der Waals surface area contributed by atoms with E-state index in [1.54, 1.807) is 4.68 Å². The molecule has 1 saturated carbocycles. The molecule has 0 atom stereocenters. The van der Waals surface area contributed by atoms with Gasteiger partial charge in [-0.1, -0.05) is 6.92 Å². The zero-order valence-electron chi connectivity index (χ0n) is 12.0. The highest BCUT2D eigenvalue weighted by Gasteiger charge is 2.26. The summed E-state index contributed by atoms with van der Waals surface area (Å²) in [5.74, 6) is 1.46. The van der Waals surface area contributed by atoms with Gasteiger partial charge in [0.05, 0.1) is 17.1 Å². The number of nitrogens with zero attached hydrogens (tertiary/aromatic N) is 3. The summed E-state index contributed by atoms with van der Waals surface area (Å²) in [7, 11) is 0. The van der Waals surface area contributed by atoms with E-state index in [1.165, 1.54) is 31.4 Å². The number of rotatable bonds is 2. The minimum atomic E-state index is 0.101. The van der Waals surface area contributed by atoms with Gasteiger partial charge in [0.2, 0.25) is 0 Å². The smallest absolute Gasteiger partial charge is 0.276 e. The summed E-state index contributed by atoms with van der Waals surface area (Å²) in [6.45, 7) is 4.10. The lowest BCUT2D eigenvalue weighted by atomic mass is 9.76. The Labute approximate surface area is 118 Å². The average Bonchev–Trinajstić information content (AvgIpc) is 2.79. The van der Waals surface area contributed by atoms with Gasteiger partial charge in [0.25, 0.3) is 5.56 Å². The molecule has 106 valence electrons. The van der Waals surface area contributed by atoms with Gasteiger partial charge in [0.1, 0.15) is 0 Å². The van der Waals surface area contributed by atoms with Crippen LogP contribution in [0.5, 0.6) is 0 Å². The molecule has 3 heterocycles. The van der Waals surface area contributed by atoms with Gasteiger partial charge in [-0.05, 0) is 50.0 Å². The fourth-order valence-electron chi connectivity index (χ4n) is 3.88. The van der Waals surface area contributed by atoms with Crippen molar-refractivity contribution in [1.82, 2.24) is 14.3 Å². The molecule has 4 heteroatoms. The molecule has 0 unspecified atom stereocenters. The standard InChI is InChI=1S/C16H21N3O/c1-11-6-12(7-11)10-19-16(20)14-8-13-4-2-3-5-18(13)15(14)9-17-19/h8-9,11-12H,2-7,10H2,1H3. The van der Waals surface area contributed by atoms with E-state index >= 15 is 0 Å². The SMILES string of the molecule is CC1CC(Cn2ncc3c(cc4n3CCCC4)c2=O)C1. The minimum absolute atomic E-state index is 0.101. The molecule has 0 N–H and O–H groups in total. The number of aryl methyl sites for hydroxylation is 2. The molecule has 0 amide bonds. The number of hydrogen-bond donors (Lipinski definition) is 0. The molecule has 0 spiro atoms. The third kappa shape index (κ3) is 1.81. The Morgan fingerprint density at radius 3 is 3.00 bits per heavy atom. The molecule has 0 radical (unpaired) electrons. The van der Waals surface area contributed by atoms with Crippen LogP contribution in [0.15, 0.2) is 17.1 Å². The summed E-state index contributed by atoms with van der Waals surface area (Å²) >= 11 is 0. The highest BCUT2D eigenvalue weighted by molar-refractivity contribution is 5.79. The lowest BCUT2D eigenvalue weighted by molar-refractivity contribution is 0.179. The van der Waals surface area contributed by atoms with Crippen LogP contribution in [0.25, 0.3) is 10.9 Å². The third-order valence-corrected chi connectivity index (χ3v) is 4.98. The van der Waals surface area contributed by atoms with Crippen molar-refractivity contribution < 1.29 is 0 Å². The first kappa shape index (κ1) is 12.2. The van der Waals surface area contributed by atoms with E-state index in [0.29, 0.717) is 5.92 Å². The van der Waals surface area contributed by atoms with Crippen LogP contribution < -0.4 is 5.56 Å². The van der Waals surface area contributed by atoms with Gasteiger partial charge in [0, 0.05) is 18.8 Å². The predicted molar refractivity (Wildman–Crippen MR) is 78.8 cm³/mol. The van der Waals surface area contributed by atoms with Crippen molar-refractivity contribution >= 4 is 10.9 Å². The maximum absolute atomic E-state index is 12.6. The first-order valence-electron chi connectivity index (χ1n) is 7.80. The van der Waals surface area contributed by atoms with E-state index in [4.69, 9.17) is 0 Å². The van der Waals surface area contributed by atoms with Gasteiger partial charge in [-0.3, -0.25) is 4.79 Å². The van der Waals surface area contributed by atoms with Crippen molar-refractivity contribution in [3.63, 3.8) is 0 Å². The summed E-state index contributed by atoms with van der Waals surface area (Å²) in [6.07, 6.45) is 7.90. The normalized spacial score (nSPS) is 25.4. The largest absolute Gasteiger partial charge is 0.343 e. The maximum atomic E-state index is 12.6. The number of fused-ring (bicyclic) bond motifs is 3.